The summed E-state index contributed by atoms with van der Waals surface area (Å²) in [7, 11) is 0. The molecule has 1 heterocycles. The molecule has 1 atom stereocenters. The van der Waals surface area contributed by atoms with Crippen LogP contribution in [0, 0.1) is 5.92 Å². The van der Waals surface area contributed by atoms with Crippen molar-refractivity contribution in [3.63, 3.8) is 0 Å². The Morgan fingerprint density at radius 2 is 2.31 bits per heavy atom. The molecule has 0 aromatic carbocycles. The van der Waals surface area contributed by atoms with Crippen molar-refractivity contribution in [2.45, 2.75) is 26.2 Å². The normalized spacial score (nSPS) is 20.4. The molecule has 1 unspecified atom stereocenters. The van der Waals surface area contributed by atoms with Gasteiger partial charge in [0, 0.05) is 19.7 Å². The van der Waals surface area contributed by atoms with Gasteiger partial charge in [0.25, 0.3) is 0 Å². The zero-order valence-corrected chi connectivity index (χ0v) is 10.8. The van der Waals surface area contributed by atoms with E-state index in [1.165, 1.54) is 0 Å². The van der Waals surface area contributed by atoms with Crippen molar-refractivity contribution in [2.24, 2.45) is 11.7 Å². The Balaban J connectivity index is 0.00000225. The topological polar surface area (TPSA) is 55.6 Å². The average molecular weight is 251 g/mol. The second kappa shape index (κ2) is 8.79. The summed E-state index contributed by atoms with van der Waals surface area (Å²) in [5.41, 5.74) is 5.62. The predicted octanol–water partition coefficient (Wildman–Crippen LogP) is 1.03. The zero-order valence-electron chi connectivity index (χ0n) is 9.98. The van der Waals surface area contributed by atoms with E-state index in [9.17, 15) is 4.79 Å². The third-order valence-corrected chi connectivity index (χ3v) is 2.87. The van der Waals surface area contributed by atoms with Gasteiger partial charge in [-0.15, -0.1) is 12.4 Å². The summed E-state index contributed by atoms with van der Waals surface area (Å²) in [6.07, 6.45) is 2.75. The number of amides is 1. The van der Waals surface area contributed by atoms with Crippen LogP contribution < -0.4 is 5.73 Å². The molecule has 1 rings (SSSR count). The number of piperidine rings is 1. The smallest absolute Gasteiger partial charge is 0.224 e. The van der Waals surface area contributed by atoms with E-state index >= 15 is 0 Å². The number of carbonyl (C=O) groups excluding carboxylic acids is 1. The molecular formula is C11H23ClN2O2. The number of nitrogens with two attached hydrogens (primary N) is 1. The number of nitrogens with zero attached hydrogens (tertiary/aromatic N) is 1. The summed E-state index contributed by atoms with van der Waals surface area (Å²) < 4.78 is 5.18. The largest absolute Gasteiger partial charge is 0.381 e. The summed E-state index contributed by atoms with van der Waals surface area (Å²) in [5.74, 6) is 0.705. The number of hydrogen-bond donors (Lipinski definition) is 1. The Morgan fingerprint density at radius 1 is 1.56 bits per heavy atom. The van der Waals surface area contributed by atoms with Crippen LogP contribution >= 0.6 is 12.4 Å². The van der Waals surface area contributed by atoms with Crippen LogP contribution in [0.2, 0.25) is 0 Å². The zero-order chi connectivity index (χ0) is 11.1. The minimum absolute atomic E-state index is 0. The van der Waals surface area contributed by atoms with Crippen molar-refractivity contribution in [2.75, 3.05) is 32.8 Å². The van der Waals surface area contributed by atoms with Crippen LogP contribution in [-0.4, -0.2) is 43.7 Å². The minimum Gasteiger partial charge on any atom is -0.381 e. The molecule has 0 aromatic heterocycles. The number of carbonyl (C=O) groups is 1. The van der Waals surface area contributed by atoms with Crippen LogP contribution in [-0.2, 0) is 9.53 Å². The van der Waals surface area contributed by atoms with Crippen LogP contribution in [0.4, 0.5) is 0 Å². The highest BCUT2D eigenvalue weighted by Gasteiger charge is 2.22. The molecule has 1 amide bonds. The Kier molecular flexibility index (Phi) is 8.61. The van der Waals surface area contributed by atoms with E-state index in [2.05, 4.69) is 0 Å². The van der Waals surface area contributed by atoms with Gasteiger partial charge in [-0.1, -0.05) is 0 Å². The first-order valence-corrected chi connectivity index (χ1v) is 5.83. The van der Waals surface area contributed by atoms with E-state index in [1.807, 2.05) is 11.8 Å². The lowest BCUT2D eigenvalue weighted by Gasteiger charge is -2.32. The lowest BCUT2D eigenvalue weighted by Crippen LogP contribution is -2.42. The van der Waals surface area contributed by atoms with Gasteiger partial charge in [0.2, 0.25) is 5.91 Å². The van der Waals surface area contributed by atoms with Crippen LogP contribution in [0.15, 0.2) is 0 Å². The minimum atomic E-state index is 0. The predicted molar refractivity (Wildman–Crippen MR) is 66.7 cm³/mol. The van der Waals surface area contributed by atoms with E-state index in [0.29, 0.717) is 32.1 Å². The molecule has 0 radical (unpaired) electrons. The van der Waals surface area contributed by atoms with Gasteiger partial charge in [0.05, 0.1) is 13.0 Å². The van der Waals surface area contributed by atoms with Crippen LogP contribution in [0.1, 0.15) is 26.2 Å². The van der Waals surface area contributed by atoms with Crippen molar-refractivity contribution in [3.8, 4) is 0 Å². The van der Waals surface area contributed by atoms with E-state index < -0.39 is 0 Å². The molecule has 1 aliphatic rings. The van der Waals surface area contributed by atoms with Gasteiger partial charge in [-0.3, -0.25) is 4.79 Å². The molecular weight excluding hydrogens is 228 g/mol. The van der Waals surface area contributed by atoms with Crippen molar-refractivity contribution >= 4 is 18.3 Å². The van der Waals surface area contributed by atoms with E-state index in [4.69, 9.17) is 10.5 Å². The second-order valence-electron chi connectivity index (χ2n) is 4.03. The number of halogens is 1. The van der Waals surface area contributed by atoms with Gasteiger partial charge in [-0.05, 0) is 32.2 Å². The first-order chi connectivity index (χ1) is 7.27. The third kappa shape index (κ3) is 5.14. The molecule has 1 aliphatic heterocycles. The van der Waals surface area contributed by atoms with E-state index in [0.717, 1.165) is 25.9 Å². The fraction of sp³-hybridized carbons (Fsp3) is 0.909. The molecule has 1 fully saturated rings. The first-order valence-electron chi connectivity index (χ1n) is 5.83. The Morgan fingerprint density at radius 3 is 2.94 bits per heavy atom. The maximum absolute atomic E-state index is 11.7. The first kappa shape index (κ1) is 15.7. The monoisotopic (exact) mass is 250 g/mol. The molecule has 1 saturated heterocycles. The van der Waals surface area contributed by atoms with Gasteiger partial charge in [-0.25, -0.2) is 0 Å². The molecule has 4 nitrogen and oxygen atoms in total. The van der Waals surface area contributed by atoms with Crippen molar-refractivity contribution < 1.29 is 9.53 Å². The highest BCUT2D eigenvalue weighted by Crippen LogP contribution is 2.15. The fourth-order valence-electron chi connectivity index (χ4n) is 1.95. The maximum atomic E-state index is 11.7. The summed E-state index contributed by atoms with van der Waals surface area (Å²) in [6.45, 7) is 5.58. The van der Waals surface area contributed by atoms with Crippen molar-refractivity contribution in [1.29, 1.82) is 0 Å². The van der Waals surface area contributed by atoms with E-state index in [-0.39, 0.29) is 18.3 Å². The molecule has 16 heavy (non-hydrogen) atoms. The summed E-state index contributed by atoms with van der Waals surface area (Å²) in [4.78, 5) is 13.7. The number of hydrogen-bond acceptors (Lipinski definition) is 3. The Bertz CT molecular complexity index is 202. The van der Waals surface area contributed by atoms with Gasteiger partial charge in [0.15, 0.2) is 0 Å². The molecule has 0 saturated carbocycles. The summed E-state index contributed by atoms with van der Waals surface area (Å²) >= 11 is 0. The highest BCUT2D eigenvalue weighted by molar-refractivity contribution is 5.85. The molecule has 0 aliphatic carbocycles. The molecule has 0 bridgehead atoms. The number of rotatable bonds is 5. The lowest BCUT2D eigenvalue weighted by molar-refractivity contribution is -0.134. The fourth-order valence-corrected chi connectivity index (χ4v) is 1.95. The van der Waals surface area contributed by atoms with Crippen LogP contribution in [0.5, 0.6) is 0 Å². The van der Waals surface area contributed by atoms with Crippen molar-refractivity contribution in [1.82, 2.24) is 4.90 Å². The number of ether oxygens (including phenoxy) is 1. The third-order valence-electron chi connectivity index (χ3n) is 2.87. The van der Waals surface area contributed by atoms with Crippen molar-refractivity contribution in [3.05, 3.63) is 0 Å². The van der Waals surface area contributed by atoms with Gasteiger partial charge >= 0.3 is 0 Å². The summed E-state index contributed by atoms with van der Waals surface area (Å²) in [5, 5.41) is 0. The Hall–Kier alpha value is -0.320. The highest BCUT2D eigenvalue weighted by atomic mass is 35.5. The quantitative estimate of drug-likeness (QED) is 0.742. The lowest BCUT2D eigenvalue weighted by atomic mass is 9.98. The van der Waals surface area contributed by atoms with Gasteiger partial charge in [0.1, 0.15) is 0 Å². The van der Waals surface area contributed by atoms with E-state index in [1.54, 1.807) is 0 Å². The second-order valence-corrected chi connectivity index (χ2v) is 4.03. The standard InChI is InChI=1S/C11H22N2O2.ClH/c1-2-15-7-5-11(14)13-6-3-4-10(8-12)9-13;/h10H,2-9,12H2,1H3;1H. The van der Waals surface area contributed by atoms with Gasteiger partial charge in [-0.2, -0.15) is 0 Å². The van der Waals surface area contributed by atoms with Crippen LogP contribution in [0.3, 0.4) is 0 Å². The molecule has 5 heteroatoms. The maximum Gasteiger partial charge on any atom is 0.224 e. The molecule has 96 valence electrons. The number of likely N-dealkylation sites (tertiary alicyclic amines) is 1. The average Bonchev–Trinajstić information content (AvgIpc) is 2.29. The SMILES string of the molecule is CCOCCC(=O)N1CCCC(CN)C1.Cl. The van der Waals surface area contributed by atoms with Gasteiger partial charge < -0.3 is 15.4 Å². The molecule has 0 spiro atoms. The summed E-state index contributed by atoms with van der Waals surface area (Å²) in [6, 6.07) is 0. The van der Waals surface area contributed by atoms with Crippen LogP contribution in [0.25, 0.3) is 0 Å². The Labute approximate surface area is 104 Å². The molecule has 2 N–H and O–H groups in total. The molecule has 0 aromatic rings.